The molecule has 0 aliphatic carbocycles. The molecule has 12 heteroatoms. The first kappa shape index (κ1) is 17.7. The molecule has 0 saturated carbocycles. The van der Waals surface area contributed by atoms with Crippen LogP contribution in [0.25, 0.3) is 0 Å². The lowest BCUT2D eigenvalue weighted by atomic mass is 10.2. The highest BCUT2D eigenvalue weighted by atomic mass is 19.4. The predicted octanol–water partition coefficient (Wildman–Crippen LogP) is 2.77. The number of hydrogen-bond donors (Lipinski definition) is 1. The van der Waals surface area contributed by atoms with Crippen LogP contribution in [0.2, 0.25) is 0 Å². The second-order valence-electron chi connectivity index (χ2n) is 4.66. The number of aromatic nitrogens is 4. The Balaban J connectivity index is 2.44. The van der Waals surface area contributed by atoms with E-state index >= 15 is 0 Å². The van der Waals surface area contributed by atoms with Gasteiger partial charge < -0.3 is 5.11 Å². The van der Waals surface area contributed by atoms with Crippen LogP contribution in [0.3, 0.4) is 0 Å². The first-order valence-electron chi connectivity index (χ1n) is 6.17. The Labute approximate surface area is 129 Å². The van der Waals surface area contributed by atoms with Gasteiger partial charge in [-0.15, -0.1) is 0 Å². The molecule has 0 atom stereocenters. The van der Waals surface area contributed by atoms with Crippen molar-refractivity contribution in [3.8, 4) is 0 Å². The smallest absolute Gasteiger partial charge is 0.435 e. The van der Waals surface area contributed by atoms with Crippen molar-refractivity contribution in [2.24, 2.45) is 0 Å². The fraction of sp³-hybridized carbons (Fsp3) is 0.333. The summed E-state index contributed by atoms with van der Waals surface area (Å²) in [5.74, 6) is -1.65. The first-order chi connectivity index (χ1) is 10.9. The third-order valence-electron chi connectivity index (χ3n) is 2.91. The number of rotatable bonds is 3. The molecule has 6 nitrogen and oxygen atoms in total. The zero-order valence-corrected chi connectivity index (χ0v) is 11.8. The quantitative estimate of drug-likeness (QED) is 0.858. The van der Waals surface area contributed by atoms with Gasteiger partial charge in [-0.25, -0.2) is 14.8 Å². The number of hydrogen-bond acceptors (Lipinski definition) is 4. The summed E-state index contributed by atoms with van der Waals surface area (Å²) in [6, 6.07) is -0.113. The molecule has 0 unspecified atom stereocenters. The van der Waals surface area contributed by atoms with Crippen LogP contribution < -0.4 is 0 Å². The summed E-state index contributed by atoms with van der Waals surface area (Å²) in [6.45, 7) is 0.481. The zero-order valence-electron chi connectivity index (χ0n) is 11.8. The van der Waals surface area contributed by atoms with Crippen LogP contribution in [0.1, 0.15) is 33.3 Å². The van der Waals surface area contributed by atoms with E-state index in [0.717, 1.165) is 6.20 Å². The van der Waals surface area contributed by atoms with Gasteiger partial charge in [-0.2, -0.15) is 31.4 Å². The molecule has 0 aliphatic rings. The van der Waals surface area contributed by atoms with Crippen molar-refractivity contribution in [2.45, 2.75) is 25.8 Å². The summed E-state index contributed by atoms with van der Waals surface area (Å²) in [7, 11) is 0. The number of carbonyl (C=O) groups is 1. The molecule has 0 aromatic carbocycles. The number of carboxylic acids is 1. The number of alkyl halides is 6. The van der Waals surface area contributed by atoms with Crippen molar-refractivity contribution in [1.29, 1.82) is 0 Å². The molecule has 0 radical (unpaired) electrons. The van der Waals surface area contributed by atoms with Crippen molar-refractivity contribution in [3.05, 3.63) is 40.7 Å². The number of aromatic carboxylic acids is 1. The Morgan fingerprint density at radius 1 is 1.21 bits per heavy atom. The van der Waals surface area contributed by atoms with Crippen LogP contribution >= 0.6 is 0 Å². The Kier molecular flexibility index (Phi) is 4.25. The van der Waals surface area contributed by atoms with Gasteiger partial charge in [0.25, 0.3) is 0 Å². The highest BCUT2D eigenvalue weighted by Crippen LogP contribution is 2.35. The summed E-state index contributed by atoms with van der Waals surface area (Å²) in [5.41, 5.74) is -3.62. The van der Waals surface area contributed by atoms with E-state index in [2.05, 4.69) is 15.1 Å². The minimum Gasteiger partial charge on any atom is -0.478 e. The topological polar surface area (TPSA) is 80.9 Å². The molecule has 24 heavy (non-hydrogen) atoms. The van der Waals surface area contributed by atoms with E-state index in [1.807, 2.05) is 0 Å². The van der Waals surface area contributed by atoms with Gasteiger partial charge in [0.1, 0.15) is 18.1 Å². The molecule has 2 rings (SSSR count). The number of halogens is 6. The van der Waals surface area contributed by atoms with Crippen LogP contribution in [0, 0.1) is 6.92 Å². The lowest BCUT2D eigenvalue weighted by Crippen LogP contribution is -2.17. The van der Waals surface area contributed by atoms with E-state index in [0.29, 0.717) is 0 Å². The minimum absolute atomic E-state index is 0.0377. The summed E-state index contributed by atoms with van der Waals surface area (Å²) in [5, 5.41) is 11.7. The van der Waals surface area contributed by atoms with Gasteiger partial charge in [-0.3, -0.25) is 4.68 Å². The van der Waals surface area contributed by atoms with Gasteiger partial charge >= 0.3 is 18.3 Å². The molecular formula is C12H8F6N4O2. The molecular weight excluding hydrogens is 346 g/mol. The summed E-state index contributed by atoms with van der Waals surface area (Å²) in [4.78, 5) is 18.1. The number of aryl methyl sites for hydroxylation is 1. The summed E-state index contributed by atoms with van der Waals surface area (Å²) in [6.07, 6.45) is -9.25. The molecule has 2 aromatic rings. The van der Waals surface area contributed by atoms with Gasteiger partial charge in [-0.05, 0) is 6.92 Å². The van der Waals surface area contributed by atoms with Gasteiger partial charge in [-0.1, -0.05) is 0 Å². The Morgan fingerprint density at radius 2 is 1.83 bits per heavy atom. The van der Waals surface area contributed by atoms with Crippen molar-refractivity contribution in [2.75, 3.05) is 0 Å². The lowest BCUT2D eigenvalue weighted by molar-refractivity contribution is -0.144. The van der Waals surface area contributed by atoms with E-state index < -0.39 is 36.3 Å². The van der Waals surface area contributed by atoms with Crippen LogP contribution in [-0.2, 0) is 18.9 Å². The number of carboxylic acid groups (broad SMARTS) is 1. The largest absolute Gasteiger partial charge is 0.478 e. The maximum atomic E-state index is 12.9. The number of nitrogens with zero attached hydrogens (tertiary/aromatic N) is 4. The maximum Gasteiger partial charge on any atom is 0.435 e. The third kappa shape index (κ3) is 3.63. The van der Waals surface area contributed by atoms with E-state index in [1.54, 1.807) is 0 Å². The highest BCUT2D eigenvalue weighted by molar-refractivity contribution is 5.88. The van der Waals surface area contributed by atoms with Gasteiger partial charge in [0, 0.05) is 12.3 Å². The second-order valence-corrected chi connectivity index (χ2v) is 4.66. The molecule has 1 N–H and O–H groups in total. The van der Waals surface area contributed by atoms with Gasteiger partial charge in [0.05, 0.1) is 11.3 Å². The van der Waals surface area contributed by atoms with Gasteiger partial charge in [0.15, 0.2) is 5.69 Å². The normalized spacial score (nSPS) is 12.5. The molecule has 0 bridgehead atoms. The van der Waals surface area contributed by atoms with E-state index in [-0.39, 0.29) is 27.8 Å². The molecule has 2 aromatic heterocycles. The highest BCUT2D eigenvalue weighted by Gasteiger charge is 2.41. The SMILES string of the molecule is Cc1nc(Cn2nc(C(F)(F)F)cc2C(F)(F)F)ncc1C(=O)O. The fourth-order valence-electron chi connectivity index (χ4n) is 1.84. The van der Waals surface area contributed by atoms with Crippen molar-refractivity contribution < 1.29 is 36.2 Å². The molecule has 0 spiro atoms. The van der Waals surface area contributed by atoms with Crippen LogP contribution in [-0.4, -0.2) is 30.8 Å². The van der Waals surface area contributed by atoms with Crippen molar-refractivity contribution in [3.63, 3.8) is 0 Å². The van der Waals surface area contributed by atoms with E-state index in [9.17, 15) is 31.1 Å². The van der Waals surface area contributed by atoms with Crippen LogP contribution in [0.15, 0.2) is 12.3 Å². The molecule has 0 amide bonds. The molecule has 0 fully saturated rings. The Morgan fingerprint density at radius 3 is 2.29 bits per heavy atom. The predicted molar refractivity (Wildman–Crippen MR) is 65.1 cm³/mol. The van der Waals surface area contributed by atoms with Crippen molar-refractivity contribution in [1.82, 2.24) is 19.7 Å². The first-order valence-corrected chi connectivity index (χ1v) is 6.17. The lowest BCUT2D eigenvalue weighted by Gasteiger charge is -2.10. The minimum atomic E-state index is -5.06. The molecule has 130 valence electrons. The second kappa shape index (κ2) is 5.76. The fourth-order valence-corrected chi connectivity index (χ4v) is 1.84. The molecule has 2 heterocycles. The Hall–Kier alpha value is -2.66. The maximum absolute atomic E-state index is 12.9. The standard InChI is InChI=1S/C12H8F6N4O2/c1-5-6(10(23)24)3-19-9(20-5)4-22-8(12(16,17)18)2-7(21-22)11(13,14)15/h2-3H,4H2,1H3,(H,23,24). The van der Waals surface area contributed by atoms with Crippen LogP contribution in [0.4, 0.5) is 26.3 Å². The van der Waals surface area contributed by atoms with E-state index in [4.69, 9.17) is 5.11 Å². The Bertz CT molecular complexity index is 781. The average molecular weight is 354 g/mol. The monoisotopic (exact) mass is 354 g/mol. The summed E-state index contributed by atoms with van der Waals surface area (Å²) >= 11 is 0. The zero-order chi connectivity index (χ0) is 18.3. The van der Waals surface area contributed by atoms with Crippen LogP contribution in [0.5, 0.6) is 0 Å². The molecule has 0 saturated heterocycles. The third-order valence-corrected chi connectivity index (χ3v) is 2.91. The van der Waals surface area contributed by atoms with E-state index in [1.165, 1.54) is 6.92 Å². The van der Waals surface area contributed by atoms with Crippen molar-refractivity contribution >= 4 is 5.97 Å². The summed E-state index contributed by atoms with van der Waals surface area (Å²) < 4.78 is 76.4. The van der Waals surface area contributed by atoms with Gasteiger partial charge in [0.2, 0.25) is 0 Å². The molecule has 0 aliphatic heterocycles. The average Bonchev–Trinajstić information content (AvgIpc) is 2.82.